The van der Waals surface area contributed by atoms with Gasteiger partial charge in [0.15, 0.2) is 0 Å². The summed E-state index contributed by atoms with van der Waals surface area (Å²) in [5.41, 5.74) is 0. The van der Waals surface area contributed by atoms with Gasteiger partial charge in [-0.1, -0.05) is 11.2 Å². The Morgan fingerprint density at radius 2 is 2.12 bits per heavy atom. The molecule has 0 bridgehead atoms. The van der Waals surface area contributed by atoms with E-state index in [0.29, 0.717) is 37.0 Å². The number of amides is 1. The van der Waals surface area contributed by atoms with Gasteiger partial charge in [0, 0.05) is 12.8 Å². The molecule has 2 aromatic heterocycles. The summed E-state index contributed by atoms with van der Waals surface area (Å²) in [5, 5.41) is 8.58. The van der Waals surface area contributed by atoms with Gasteiger partial charge in [0.2, 0.25) is 17.6 Å². The van der Waals surface area contributed by atoms with Crippen molar-refractivity contribution in [2.75, 3.05) is 13.2 Å². The molecule has 0 atom stereocenters. The van der Waals surface area contributed by atoms with E-state index < -0.39 is 0 Å². The van der Waals surface area contributed by atoms with Crippen molar-refractivity contribution < 1.29 is 18.4 Å². The number of hydrogen-bond donors (Lipinski definition) is 1. The average Bonchev–Trinajstić information content (AvgIpc) is 3.29. The predicted molar refractivity (Wildman–Crippen MR) is 90.8 cm³/mol. The number of halogens is 1. The quantitative estimate of drug-likeness (QED) is 0.624. The Labute approximate surface area is 147 Å². The normalized spacial score (nSPS) is 10.6. The second-order valence-corrected chi connectivity index (χ2v) is 6.09. The molecule has 0 radical (unpaired) electrons. The number of hydrogen-bond acceptors (Lipinski definition) is 6. The van der Waals surface area contributed by atoms with Gasteiger partial charge in [-0.3, -0.25) is 4.79 Å². The fourth-order valence-electron chi connectivity index (χ4n) is 2.06. The summed E-state index contributed by atoms with van der Waals surface area (Å²) in [4.78, 5) is 17.0. The number of carbonyl (C=O) groups is 1. The summed E-state index contributed by atoms with van der Waals surface area (Å²) in [6, 6.07) is 9.55. The molecule has 8 heteroatoms. The minimum Gasteiger partial charge on any atom is -0.492 e. The fraction of sp³-hybridized carbons (Fsp3) is 0.235. The molecule has 1 N–H and O–H groups in total. The number of thiophene rings is 1. The monoisotopic (exact) mass is 361 g/mol. The van der Waals surface area contributed by atoms with Crippen molar-refractivity contribution in [2.24, 2.45) is 0 Å². The molecule has 0 unspecified atom stereocenters. The van der Waals surface area contributed by atoms with E-state index in [0.717, 1.165) is 4.88 Å². The first-order valence-corrected chi connectivity index (χ1v) is 8.60. The number of rotatable bonds is 8. The lowest BCUT2D eigenvalue weighted by Crippen LogP contribution is -2.28. The molecular weight excluding hydrogens is 345 g/mol. The molecule has 0 saturated heterocycles. The maximum Gasteiger partial charge on any atom is 0.227 e. The third-order valence-corrected chi connectivity index (χ3v) is 4.15. The maximum absolute atomic E-state index is 12.8. The third-order valence-electron chi connectivity index (χ3n) is 3.28. The van der Waals surface area contributed by atoms with Gasteiger partial charge in [0.1, 0.15) is 18.2 Å². The number of benzene rings is 1. The van der Waals surface area contributed by atoms with Crippen LogP contribution in [-0.2, 0) is 11.2 Å². The van der Waals surface area contributed by atoms with Crippen molar-refractivity contribution in [3.8, 4) is 16.5 Å². The molecule has 0 fully saturated rings. The minimum atomic E-state index is -0.316. The first-order valence-electron chi connectivity index (χ1n) is 7.72. The predicted octanol–water partition coefficient (Wildman–Crippen LogP) is 3.07. The van der Waals surface area contributed by atoms with Crippen LogP contribution in [-0.4, -0.2) is 29.2 Å². The Morgan fingerprint density at radius 1 is 1.28 bits per heavy atom. The van der Waals surface area contributed by atoms with Crippen molar-refractivity contribution in [2.45, 2.75) is 12.8 Å². The van der Waals surface area contributed by atoms with Crippen LogP contribution in [0.5, 0.6) is 5.75 Å². The Kier molecular flexibility index (Phi) is 5.73. The van der Waals surface area contributed by atoms with Crippen molar-refractivity contribution in [1.29, 1.82) is 0 Å². The summed E-state index contributed by atoms with van der Waals surface area (Å²) in [6.45, 7) is 0.668. The Balaban J connectivity index is 1.35. The average molecular weight is 361 g/mol. The van der Waals surface area contributed by atoms with E-state index in [1.54, 1.807) is 0 Å². The number of nitrogens with one attached hydrogen (secondary N) is 1. The molecule has 1 aromatic carbocycles. The zero-order valence-corrected chi connectivity index (χ0v) is 14.1. The van der Waals surface area contributed by atoms with Crippen molar-refractivity contribution in [3.63, 3.8) is 0 Å². The number of carbonyl (C=O) groups excluding carboxylic acids is 1. The van der Waals surface area contributed by atoms with E-state index in [-0.39, 0.29) is 18.1 Å². The van der Waals surface area contributed by atoms with Gasteiger partial charge < -0.3 is 14.6 Å². The molecule has 0 saturated carbocycles. The van der Waals surface area contributed by atoms with Crippen LogP contribution in [0.25, 0.3) is 10.7 Å². The summed E-state index contributed by atoms with van der Waals surface area (Å²) >= 11 is 1.53. The highest BCUT2D eigenvalue weighted by Crippen LogP contribution is 2.21. The van der Waals surface area contributed by atoms with Gasteiger partial charge in [0.05, 0.1) is 11.4 Å². The largest absolute Gasteiger partial charge is 0.492 e. The van der Waals surface area contributed by atoms with Crippen LogP contribution in [0.2, 0.25) is 0 Å². The Bertz CT molecular complexity index is 803. The maximum atomic E-state index is 12.8. The van der Waals surface area contributed by atoms with E-state index in [9.17, 15) is 9.18 Å². The SMILES string of the molecule is O=C(CCc1nc(-c2cccs2)no1)NCCOc1ccc(F)cc1. The van der Waals surface area contributed by atoms with Gasteiger partial charge in [0.25, 0.3) is 0 Å². The van der Waals surface area contributed by atoms with E-state index in [1.807, 2.05) is 17.5 Å². The van der Waals surface area contributed by atoms with Crippen molar-refractivity contribution in [1.82, 2.24) is 15.5 Å². The van der Waals surface area contributed by atoms with Crippen molar-refractivity contribution in [3.05, 3.63) is 53.5 Å². The van der Waals surface area contributed by atoms with Gasteiger partial charge in [-0.15, -0.1) is 11.3 Å². The highest BCUT2D eigenvalue weighted by atomic mass is 32.1. The molecule has 0 aliphatic carbocycles. The Morgan fingerprint density at radius 3 is 2.88 bits per heavy atom. The molecule has 3 aromatic rings. The molecule has 25 heavy (non-hydrogen) atoms. The fourth-order valence-corrected chi connectivity index (χ4v) is 2.71. The van der Waals surface area contributed by atoms with Crippen LogP contribution in [0.3, 0.4) is 0 Å². The standard InChI is InChI=1S/C17H16FN3O3S/c18-12-3-5-13(6-4-12)23-10-9-19-15(22)7-8-16-20-17(21-24-16)14-2-1-11-25-14/h1-6,11H,7-10H2,(H,19,22). The van der Waals surface area contributed by atoms with Crippen LogP contribution >= 0.6 is 11.3 Å². The highest BCUT2D eigenvalue weighted by molar-refractivity contribution is 7.13. The van der Waals surface area contributed by atoms with Gasteiger partial charge in [-0.2, -0.15) is 4.98 Å². The van der Waals surface area contributed by atoms with E-state index in [4.69, 9.17) is 9.26 Å². The lowest BCUT2D eigenvalue weighted by molar-refractivity contribution is -0.121. The van der Waals surface area contributed by atoms with Crippen LogP contribution in [0.15, 0.2) is 46.3 Å². The van der Waals surface area contributed by atoms with Gasteiger partial charge >= 0.3 is 0 Å². The second kappa shape index (κ2) is 8.39. The lowest BCUT2D eigenvalue weighted by atomic mass is 10.3. The summed E-state index contributed by atoms with van der Waals surface area (Å²) < 4.78 is 23.3. The number of aryl methyl sites for hydroxylation is 1. The van der Waals surface area contributed by atoms with Crippen LogP contribution in [0.1, 0.15) is 12.3 Å². The van der Waals surface area contributed by atoms with Crippen LogP contribution < -0.4 is 10.1 Å². The topological polar surface area (TPSA) is 77.2 Å². The number of ether oxygens (including phenoxy) is 1. The minimum absolute atomic E-state index is 0.126. The molecule has 0 aliphatic rings. The molecule has 3 rings (SSSR count). The van der Waals surface area contributed by atoms with Crippen molar-refractivity contribution >= 4 is 17.2 Å². The molecule has 1 amide bonds. The second-order valence-electron chi connectivity index (χ2n) is 5.14. The highest BCUT2D eigenvalue weighted by Gasteiger charge is 2.11. The third kappa shape index (κ3) is 5.12. The lowest BCUT2D eigenvalue weighted by Gasteiger charge is -2.07. The number of aromatic nitrogens is 2. The van der Waals surface area contributed by atoms with Crippen LogP contribution in [0, 0.1) is 5.82 Å². The van der Waals surface area contributed by atoms with E-state index in [1.165, 1.54) is 35.6 Å². The number of nitrogens with zero attached hydrogens (tertiary/aromatic N) is 2. The first kappa shape index (κ1) is 17.1. The van der Waals surface area contributed by atoms with E-state index >= 15 is 0 Å². The Hall–Kier alpha value is -2.74. The molecule has 2 heterocycles. The van der Waals surface area contributed by atoms with E-state index in [2.05, 4.69) is 15.5 Å². The summed E-state index contributed by atoms with van der Waals surface area (Å²) in [6.07, 6.45) is 0.631. The van der Waals surface area contributed by atoms with Gasteiger partial charge in [-0.05, 0) is 35.7 Å². The first-order chi connectivity index (χ1) is 12.2. The smallest absolute Gasteiger partial charge is 0.227 e. The molecule has 0 aliphatic heterocycles. The zero-order chi connectivity index (χ0) is 17.5. The molecule has 6 nitrogen and oxygen atoms in total. The zero-order valence-electron chi connectivity index (χ0n) is 13.3. The molecular formula is C17H16FN3O3S. The van der Waals surface area contributed by atoms with Gasteiger partial charge in [-0.25, -0.2) is 4.39 Å². The van der Waals surface area contributed by atoms with Crippen LogP contribution in [0.4, 0.5) is 4.39 Å². The molecule has 130 valence electrons. The molecule has 0 spiro atoms. The summed E-state index contributed by atoms with van der Waals surface area (Å²) in [5.74, 6) is 1.09. The summed E-state index contributed by atoms with van der Waals surface area (Å²) in [7, 11) is 0.